The zero-order chi connectivity index (χ0) is 30.4. The number of hydrogen-bond acceptors (Lipinski definition) is 4. The van der Waals surface area contributed by atoms with Crippen LogP contribution in [0.15, 0.2) is 71.6 Å². The highest BCUT2D eigenvalue weighted by molar-refractivity contribution is 7.92. The van der Waals surface area contributed by atoms with Crippen molar-refractivity contribution in [3.8, 4) is 0 Å². The first-order valence-corrected chi connectivity index (χ1v) is 16.4. The summed E-state index contributed by atoms with van der Waals surface area (Å²) in [6.07, 6.45) is 5.00. The molecule has 4 rings (SSSR count). The number of aryl methyl sites for hydroxylation is 1. The minimum absolute atomic E-state index is 0.0120. The van der Waals surface area contributed by atoms with Gasteiger partial charge < -0.3 is 10.2 Å². The zero-order valence-electron chi connectivity index (χ0n) is 23.5. The summed E-state index contributed by atoms with van der Waals surface area (Å²) in [4.78, 5) is 28.9. The number of sulfonamides is 1. The molecular weight excluding hydrogens is 617 g/mol. The van der Waals surface area contributed by atoms with Crippen molar-refractivity contribution in [1.29, 1.82) is 0 Å². The van der Waals surface area contributed by atoms with Gasteiger partial charge in [0.05, 0.1) is 20.6 Å². The second kappa shape index (κ2) is 14.1. The molecule has 0 saturated heterocycles. The molecule has 3 aromatic carbocycles. The Hall–Kier alpha value is -2.78. The minimum Gasteiger partial charge on any atom is -0.352 e. The summed E-state index contributed by atoms with van der Waals surface area (Å²) in [6.45, 7) is 2.92. The average molecular weight is 651 g/mol. The van der Waals surface area contributed by atoms with Gasteiger partial charge in [-0.05, 0) is 80.3 Å². The monoisotopic (exact) mass is 649 g/mol. The van der Waals surface area contributed by atoms with Gasteiger partial charge in [-0.15, -0.1) is 0 Å². The van der Waals surface area contributed by atoms with E-state index in [0.717, 1.165) is 36.4 Å². The largest absolute Gasteiger partial charge is 0.352 e. The Balaban J connectivity index is 1.69. The van der Waals surface area contributed by atoms with Crippen molar-refractivity contribution in [3.05, 3.63) is 92.9 Å². The Bertz CT molecular complexity index is 1530. The number of amides is 2. The number of benzene rings is 3. The van der Waals surface area contributed by atoms with Gasteiger partial charge in [-0.1, -0.05) is 78.3 Å². The third kappa shape index (κ3) is 7.78. The first kappa shape index (κ1) is 32.1. The van der Waals surface area contributed by atoms with Crippen molar-refractivity contribution < 1.29 is 18.0 Å². The maximum Gasteiger partial charge on any atom is 0.264 e. The Kier molecular flexibility index (Phi) is 10.8. The van der Waals surface area contributed by atoms with Gasteiger partial charge in [-0.3, -0.25) is 13.9 Å². The van der Waals surface area contributed by atoms with Gasteiger partial charge in [0.2, 0.25) is 11.8 Å². The van der Waals surface area contributed by atoms with E-state index in [4.69, 9.17) is 34.8 Å². The van der Waals surface area contributed by atoms with Crippen LogP contribution >= 0.6 is 34.8 Å². The number of carbonyl (C=O) groups is 2. The Labute approximate surface area is 262 Å². The summed E-state index contributed by atoms with van der Waals surface area (Å²) in [7, 11) is -4.19. The van der Waals surface area contributed by atoms with Crippen LogP contribution in [0.1, 0.15) is 50.2 Å². The maximum atomic E-state index is 14.1. The van der Waals surface area contributed by atoms with E-state index >= 15 is 0 Å². The van der Waals surface area contributed by atoms with Crippen molar-refractivity contribution in [2.75, 3.05) is 10.8 Å². The molecule has 1 atom stereocenters. The fourth-order valence-corrected chi connectivity index (χ4v) is 7.00. The van der Waals surface area contributed by atoms with Gasteiger partial charge in [0.1, 0.15) is 12.6 Å². The van der Waals surface area contributed by atoms with E-state index in [2.05, 4.69) is 5.32 Å². The Morgan fingerprint density at radius 1 is 0.929 bits per heavy atom. The molecule has 0 radical (unpaired) electrons. The lowest BCUT2D eigenvalue weighted by atomic mass is 9.95. The molecule has 1 aliphatic rings. The highest BCUT2D eigenvalue weighted by Gasteiger charge is 2.33. The highest BCUT2D eigenvalue weighted by Crippen LogP contribution is 2.29. The number of rotatable bonds is 10. The van der Waals surface area contributed by atoms with Crippen LogP contribution in [0.3, 0.4) is 0 Å². The molecule has 1 unspecified atom stereocenters. The second-order valence-electron chi connectivity index (χ2n) is 10.5. The summed E-state index contributed by atoms with van der Waals surface area (Å²) >= 11 is 18.4. The van der Waals surface area contributed by atoms with E-state index in [9.17, 15) is 18.0 Å². The van der Waals surface area contributed by atoms with E-state index in [1.165, 1.54) is 29.2 Å². The van der Waals surface area contributed by atoms with Crippen LogP contribution in [0.5, 0.6) is 0 Å². The molecule has 1 aliphatic carbocycles. The topological polar surface area (TPSA) is 86.8 Å². The molecule has 1 N–H and O–H groups in total. The average Bonchev–Trinajstić information content (AvgIpc) is 2.97. The number of halogens is 3. The number of hydrogen-bond donors (Lipinski definition) is 1. The maximum absolute atomic E-state index is 14.1. The fourth-order valence-electron chi connectivity index (χ4n) is 5.08. The molecule has 0 aliphatic heterocycles. The third-order valence-corrected chi connectivity index (χ3v) is 10.3. The molecule has 11 heteroatoms. The number of nitrogens with one attached hydrogen (secondary N) is 1. The predicted octanol–water partition coefficient (Wildman–Crippen LogP) is 7.02. The Morgan fingerprint density at radius 3 is 2.24 bits per heavy atom. The lowest BCUT2D eigenvalue weighted by molar-refractivity contribution is -0.139. The Morgan fingerprint density at radius 2 is 1.60 bits per heavy atom. The molecular formula is C31H34Cl3N3O4S. The van der Waals surface area contributed by atoms with Gasteiger partial charge in [0.25, 0.3) is 10.0 Å². The van der Waals surface area contributed by atoms with Crippen LogP contribution in [-0.4, -0.2) is 43.8 Å². The third-order valence-electron chi connectivity index (χ3n) is 7.52. The van der Waals surface area contributed by atoms with Crippen LogP contribution in [0.4, 0.5) is 5.69 Å². The quantitative estimate of drug-likeness (QED) is 0.256. The van der Waals surface area contributed by atoms with Gasteiger partial charge in [-0.2, -0.15) is 0 Å². The SMILES string of the molecule is Cc1ccccc1N(CC(=O)N(Cc1ccc(Cl)c(Cl)c1)C(C)C(=O)NC1CCCCC1)S(=O)(=O)c1ccc(Cl)cc1. The van der Waals surface area contributed by atoms with E-state index in [0.29, 0.717) is 31.9 Å². The lowest BCUT2D eigenvalue weighted by Crippen LogP contribution is -2.53. The molecule has 1 fully saturated rings. The number of anilines is 1. The van der Waals surface area contributed by atoms with Crippen LogP contribution in [0.2, 0.25) is 15.1 Å². The van der Waals surface area contributed by atoms with E-state index < -0.39 is 28.5 Å². The molecule has 7 nitrogen and oxygen atoms in total. The summed E-state index contributed by atoms with van der Waals surface area (Å²) in [5.74, 6) is -0.841. The normalized spacial score (nSPS) is 14.7. The molecule has 3 aromatic rings. The van der Waals surface area contributed by atoms with Crippen LogP contribution < -0.4 is 9.62 Å². The molecule has 0 aromatic heterocycles. The molecule has 2 amide bonds. The molecule has 42 heavy (non-hydrogen) atoms. The standard InChI is InChI=1S/C31H34Cl3N3O4S/c1-21-8-6-7-11-29(21)37(42(40,41)26-15-13-24(32)14-16-26)20-30(38)36(19-23-12-17-27(33)28(34)18-23)22(2)31(39)35-25-9-4-3-5-10-25/h6-8,11-18,22,25H,3-5,9-10,19-20H2,1-2H3,(H,35,39). The van der Waals surface area contributed by atoms with Crippen molar-refractivity contribution >= 4 is 62.3 Å². The molecule has 224 valence electrons. The van der Waals surface area contributed by atoms with Crippen molar-refractivity contribution in [2.24, 2.45) is 0 Å². The summed E-state index contributed by atoms with van der Waals surface area (Å²) < 4.78 is 29.0. The predicted molar refractivity (Wildman–Crippen MR) is 169 cm³/mol. The van der Waals surface area contributed by atoms with E-state index in [-0.39, 0.29) is 23.4 Å². The molecule has 0 heterocycles. The van der Waals surface area contributed by atoms with Crippen molar-refractivity contribution in [1.82, 2.24) is 10.2 Å². The highest BCUT2D eigenvalue weighted by atomic mass is 35.5. The number of carbonyl (C=O) groups excluding carboxylic acids is 2. The summed E-state index contributed by atoms with van der Waals surface area (Å²) in [6, 6.07) is 16.9. The van der Waals surface area contributed by atoms with Crippen LogP contribution in [0, 0.1) is 6.92 Å². The van der Waals surface area contributed by atoms with E-state index in [1.54, 1.807) is 56.3 Å². The summed E-state index contributed by atoms with van der Waals surface area (Å²) in [5, 5.41) is 4.15. The molecule has 1 saturated carbocycles. The fraction of sp³-hybridized carbons (Fsp3) is 0.355. The van der Waals surface area contributed by atoms with E-state index in [1.807, 2.05) is 0 Å². The van der Waals surface area contributed by atoms with Crippen LogP contribution in [0.25, 0.3) is 0 Å². The second-order valence-corrected chi connectivity index (χ2v) is 13.7. The van der Waals surface area contributed by atoms with Gasteiger partial charge in [0, 0.05) is 17.6 Å². The van der Waals surface area contributed by atoms with Crippen molar-refractivity contribution in [3.63, 3.8) is 0 Å². The zero-order valence-corrected chi connectivity index (χ0v) is 26.6. The van der Waals surface area contributed by atoms with Gasteiger partial charge in [0.15, 0.2) is 0 Å². The smallest absolute Gasteiger partial charge is 0.264 e. The number of nitrogens with zero attached hydrogens (tertiary/aromatic N) is 2. The molecule has 0 bridgehead atoms. The van der Waals surface area contributed by atoms with Crippen LogP contribution in [-0.2, 0) is 26.2 Å². The first-order valence-electron chi connectivity index (χ1n) is 13.8. The number of para-hydroxylation sites is 1. The molecule has 0 spiro atoms. The summed E-state index contributed by atoms with van der Waals surface area (Å²) in [5.41, 5.74) is 1.68. The van der Waals surface area contributed by atoms with Gasteiger partial charge >= 0.3 is 0 Å². The lowest BCUT2D eigenvalue weighted by Gasteiger charge is -2.33. The first-order chi connectivity index (χ1) is 20.0. The van der Waals surface area contributed by atoms with Gasteiger partial charge in [-0.25, -0.2) is 8.42 Å². The van der Waals surface area contributed by atoms with Crippen molar-refractivity contribution in [2.45, 2.75) is 69.5 Å². The minimum atomic E-state index is -4.19.